The SMILES string of the molecule is Cc1ccc(C(=O)c2c(O)c(O)n(-c3ncnc4nc[nH]c34)c2-c2cccc([N+](=O)[O-])c2)o1. The fourth-order valence-corrected chi connectivity index (χ4v) is 3.61. The number of aromatic hydroxyl groups is 2. The van der Waals surface area contributed by atoms with Gasteiger partial charge in [-0.1, -0.05) is 12.1 Å². The number of aromatic amines is 1. The predicted molar refractivity (Wildman–Crippen MR) is 113 cm³/mol. The van der Waals surface area contributed by atoms with E-state index in [0.717, 1.165) is 4.57 Å². The summed E-state index contributed by atoms with van der Waals surface area (Å²) in [4.78, 5) is 39.2. The lowest BCUT2D eigenvalue weighted by molar-refractivity contribution is -0.384. The van der Waals surface area contributed by atoms with E-state index in [-0.39, 0.29) is 39.7 Å². The van der Waals surface area contributed by atoms with Crippen LogP contribution in [0.5, 0.6) is 11.6 Å². The van der Waals surface area contributed by atoms with Crippen LogP contribution in [0.3, 0.4) is 0 Å². The highest BCUT2D eigenvalue weighted by molar-refractivity contribution is 6.14. The molecule has 0 unspecified atom stereocenters. The number of furan rings is 1. The van der Waals surface area contributed by atoms with Gasteiger partial charge in [0.05, 0.1) is 22.5 Å². The Morgan fingerprint density at radius 3 is 2.73 bits per heavy atom. The summed E-state index contributed by atoms with van der Waals surface area (Å²) in [6.45, 7) is 1.65. The molecule has 0 saturated heterocycles. The predicted octanol–water partition coefficient (Wildman–Crippen LogP) is 3.26. The molecule has 12 heteroatoms. The van der Waals surface area contributed by atoms with Crippen LogP contribution in [0.4, 0.5) is 5.69 Å². The van der Waals surface area contributed by atoms with Gasteiger partial charge in [0.25, 0.3) is 5.69 Å². The molecule has 5 aromatic rings. The number of nitro groups is 1. The van der Waals surface area contributed by atoms with Gasteiger partial charge in [-0.25, -0.2) is 15.0 Å². The van der Waals surface area contributed by atoms with Crippen LogP contribution < -0.4 is 0 Å². The molecular formula is C21H14N6O6. The molecule has 0 atom stereocenters. The number of nitrogens with zero attached hydrogens (tertiary/aromatic N) is 5. The van der Waals surface area contributed by atoms with Crippen LogP contribution in [-0.4, -0.2) is 45.4 Å². The van der Waals surface area contributed by atoms with Crippen molar-refractivity contribution < 1.29 is 24.3 Å². The van der Waals surface area contributed by atoms with Crippen LogP contribution in [-0.2, 0) is 0 Å². The van der Waals surface area contributed by atoms with Crippen LogP contribution in [0, 0.1) is 17.0 Å². The lowest BCUT2D eigenvalue weighted by atomic mass is 10.0. The van der Waals surface area contributed by atoms with Crippen LogP contribution in [0.1, 0.15) is 21.9 Å². The van der Waals surface area contributed by atoms with Crippen molar-refractivity contribution in [2.45, 2.75) is 6.92 Å². The zero-order valence-corrected chi connectivity index (χ0v) is 16.9. The number of hydrogen-bond acceptors (Lipinski definition) is 9. The van der Waals surface area contributed by atoms with Gasteiger partial charge in [-0.05, 0) is 19.1 Å². The van der Waals surface area contributed by atoms with Crippen LogP contribution in [0.25, 0.3) is 28.2 Å². The lowest BCUT2D eigenvalue weighted by Crippen LogP contribution is -2.06. The quantitative estimate of drug-likeness (QED) is 0.208. The van der Waals surface area contributed by atoms with Gasteiger partial charge in [0, 0.05) is 17.7 Å². The number of fused-ring (bicyclic) bond motifs is 1. The molecule has 0 aliphatic carbocycles. The summed E-state index contributed by atoms with van der Waals surface area (Å²) in [6.07, 6.45) is 2.57. The summed E-state index contributed by atoms with van der Waals surface area (Å²) in [5, 5.41) is 33.1. The first-order valence-electron chi connectivity index (χ1n) is 9.54. The normalized spacial score (nSPS) is 11.2. The summed E-state index contributed by atoms with van der Waals surface area (Å²) >= 11 is 0. The zero-order valence-electron chi connectivity index (χ0n) is 16.9. The standard InChI is InChI=1S/C21H14N6O6/c1-10-5-6-13(33-10)17(28)14-16(11-3-2-4-12(7-11)27(31)32)26(21(30)18(14)29)20-15-19(23-8-22-15)24-9-25-20/h2-9,29-30H,1H3,(H,22,23,24,25). The minimum atomic E-state index is -0.734. The molecule has 164 valence electrons. The Morgan fingerprint density at radius 1 is 1.18 bits per heavy atom. The number of carbonyl (C=O) groups is 1. The number of carbonyl (C=O) groups excluding carboxylic acids is 1. The van der Waals surface area contributed by atoms with Crippen molar-refractivity contribution in [3.63, 3.8) is 0 Å². The Balaban J connectivity index is 1.87. The molecule has 0 fully saturated rings. The molecule has 12 nitrogen and oxygen atoms in total. The number of nitrogens with one attached hydrogen (secondary N) is 1. The Hall–Kier alpha value is -5.00. The molecular weight excluding hydrogens is 432 g/mol. The average molecular weight is 446 g/mol. The summed E-state index contributed by atoms with van der Waals surface area (Å²) in [5.74, 6) is -1.71. The third-order valence-corrected chi connectivity index (χ3v) is 5.06. The maximum absolute atomic E-state index is 13.3. The number of hydrogen-bond donors (Lipinski definition) is 3. The van der Waals surface area contributed by atoms with Gasteiger partial charge in [-0.3, -0.25) is 19.5 Å². The molecule has 0 radical (unpaired) electrons. The van der Waals surface area contributed by atoms with Crippen molar-refractivity contribution in [1.29, 1.82) is 0 Å². The van der Waals surface area contributed by atoms with Gasteiger partial charge in [-0.2, -0.15) is 0 Å². The molecule has 0 spiro atoms. The molecule has 3 N–H and O–H groups in total. The van der Waals surface area contributed by atoms with E-state index in [9.17, 15) is 25.1 Å². The minimum Gasteiger partial charge on any atom is -0.503 e. The molecule has 4 aromatic heterocycles. The largest absolute Gasteiger partial charge is 0.503 e. The zero-order chi connectivity index (χ0) is 23.3. The number of aryl methyl sites for hydroxylation is 1. The Bertz CT molecular complexity index is 1560. The first-order chi connectivity index (χ1) is 15.9. The third-order valence-electron chi connectivity index (χ3n) is 5.06. The van der Waals surface area contributed by atoms with E-state index in [0.29, 0.717) is 11.3 Å². The van der Waals surface area contributed by atoms with E-state index in [1.807, 2.05) is 0 Å². The van der Waals surface area contributed by atoms with Gasteiger partial charge in [0.15, 0.2) is 23.0 Å². The van der Waals surface area contributed by atoms with Crippen molar-refractivity contribution in [1.82, 2.24) is 24.5 Å². The minimum absolute atomic E-state index is 0.0256. The summed E-state index contributed by atoms with van der Waals surface area (Å²) < 4.78 is 6.53. The van der Waals surface area contributed by atoms with Crippen molar-refractivity contribution in [3.8, 4) is 28.7 Å². The highest BCUT2D eigenvalue weighted by Crippen LogP contribution is 2.44. The molecule has 0 amide bonds. The monoisotopic (exact) mass is 446 g/mol. The Kier molecular flexibility index (Phi) is 4.41. The number of benzene rings is 1. The van der Waals surface area contributed by atoms with Crippen molar-refractivity contribution in [3.05, 3.63) is 76.3 Å². The first-order valence-corrected chi connectivity index (χ1v) is 9.54. The van der Waals surface area contributed by atoms with Crippen molar-refractivity contribution in [2.75, 3.05) is 0 Å². The number of non-ortho nitro benzene ring substituents is 1. The number of H-pyrrole nitrogens is 1. The van der Waals surface area contributed by atoms with E-state index in [1.54, 1.807) is 13.0 Å². The number of ketones is 1. The van der Waals surface area contributed by atoms with E-state index >= 15 is 0 Å². The second-order valence-corrected chi connectivity index (χ2v) is 7.08. The van der Waals surface area contributed by atoms with Crippen LogP contribution in [0.2, 0.25) is 0 Å². The molecule has 0 bridgehead atoms. The van der Waals surface area contributed by atoms with E-state index in [4.69, 9.17) is 4.42 Å². The number of imidazole rings is 1. The van der Waals surface area contributed by atoms with Gasteiger partial charge < -0.3 is 19.6 Å². The molecule has 5 rings (SSSR count). The summed E-state index contributed by atoms with van der Waals surface area (Å²) in [6, 6.07) is 8.45. The van der Waals surface area contributed by atoms with Crippen LogP contribution >= 0.6 is 0 Å². The highest BCUT2D eigenvalue weighted by Gasteiger charge is 2.33. The van der Waals surface area contributed by atoms with Crippen molar-refractivity contribution >= 4 is 22.6 Å². The third kappa shape index (κ3) is 3.08. The second kappa shape index (κ2) is 7.30. The molecule has 1 aromatic carbocycles. The molecule has 0 aliphatic rings. The van der Waals surface area contributed by atoms with E-state index in [2.05, 4.69) is 19.9 Å². The Labute approximate surface area is 183 Å². The fraction of sp³-hybridized carbons (Fsp3) is 0.0476. The Morgan fingerprint density at radius 2 is 2.00 bits per heavy atom. The van der Waals surface area contributed by atoms with E-state index < -0.39 is 22.3 Å². The van der Waals surface area contributed by atoms with Gasteiger partial charge in [0.1, 0.15) is 17.6 Å². The topological polar surface area (TPSA) is 173 Å². The second-order valence-electron chi connectivity index (χ2n) is 7.08. The smallest absolute Gasteiger partial charge is 0.270 e. The molecule has 0 saturated carbocycles. The maximum Gasteiger partial charge on any atom is 0.270 e. The maximum atomic E-state index is 13.3. The molecule has 4 heterocycles. The molecule has 33 heavy (non-hydrogen) atoms. The number of nitro benzene ring substituents is 1. The molecule has 0 aliphatic heterocycles. The van der Waals surface area contributed by atoms with Crippen LogP contribution in [0.15, 0.2) is 53.5 Å². The van der Waals surface area contributed by atoms with Gasteiger partial charge >= 0.3 is 0 Å². The van der Waals surface area contributed by atoms with Gasteiger partial charge in [-0.15, -0.1) is 0 Å². The fourth-order valence-electron chi connectivity index (χ4n) is 3.61. The van der Waals surface area contributed by atoms with E-state index in [1.165, 1.54) is 43.0 Å². The summed E-state index contributed by atoms with van der Waals surface area (Å²) in [7, 11) is 0. The first kappa shape index (κ1) is 19.9. The number of rotatable bonds is 5. The summed E-state index contributed by atoms with van der Waals surface area (Å²) in [5.41, 5.74) is 0.170. The van der Waals surface area contributed by atoms with Crippen molar-refractivity contribution in [2.24, 2.45) is 0 Å². The average Bonchev–Trinajstić information content (AvgIpc) is 3.52. The number of aromatic nitrogens is 5. The van der Waals surface area contributed by atoms with Gasteiger partial charge in [0.2, 0.25) is 11.7 Å². The highest BCUT2D eigenvalue weighted by atomic mass is 16.6. The lowest BCUT2D eigenvalue weighted by Gasteiger charge is -2.11.